The minimum atomic E-state index is -0.131. The zero-order chi connectivity index (χ0) is 24.3. The summed E-state index contributed by atoms with van der Waals surface area (Å²) in [7, 11) is 0. The third-order valence-electron chi connectivity index (χ3n) is 7.55. The fourth-order valence-electron chi connectivity index (χ4n) is 5.36. The minimum absolute atomic E-state index is 0.131. The van der Waals surface area contributed by atoms with Crippen molar-refractivity contribution in [1.82, 2.24) is 0 Å². The first kappa shape index (κ1) is 25.2. The molecule has 0 atom stereocenters. The molecule has 2 heteroatoms. The summed E-state index contributed by atoms with van der Waals surface area (Å²) in [6.07, 6.45) is 12.7. The van der Waals surface area contributed by atoms with Crippen molar-refractivity contribution in [1.29, 1.82) is 0 Å². The molecule has 0 amide bonds. The first-order chi connectivity index (χ1) is 17.2. The topological polar surface area (TPSA) is 26.3 Å². The number of hydrogen-bond donors (Lipinski definition) is 0. The normalized spacial score (nSPS) is 17.7. The Morgan fingerprint density at radius 2 is 1.46 bits per heavy atom. The Labute approximate surface area is 211 Å². The van der Waals surface area contributed by atoms with Gasteiger partial charge in [0.15, 0.2) is 0 Å². The Balaban J connectivity index is 1.14. The van der Waals surface area contributed by atoms with Crippen LogP contribution in [0.3, 0.4) is 0 Å². The van der Waals surface area contributed by atoms with Crippen molar-refractivity contribution < 1.29 is 9.53 Å². The van der Waals surface area contributed by atoms with E-state index in [1.54, 1.807) is 0 Å². The molecule has 0 N–H and O–H groups in total. The molecule has 0 unspecified atom stereocenters. The number of esters is 1. The van der Waals surface area contributed by atoms with Crippen LogP contribution >= 0.6 is 0 Å². The molecular weight excluding hydrogens is 428 g/mol. The Morgan fingerprint density at radius 1 is 0.771 bits per heavy atom. The smallest absolute Gasteiger partial charge is 0.311 e. The Morgan fingerprint density at radius 3 is 2.14 bits per heavy atom. The molecule has 4 rings (SSSR count). The van der Waals surface area contributed by atoms with Crippen LogP contribution in [0.1, 0.15) is 88.2 Å². The van der Waals surface area contributed by atoms with Gasteiger partial charge in [0.25, 0.3) is 0 Å². The predicted octanol–water partition coefficient (Wildman–Crippen LogP) is 9.14. The summed E-state index contributed by atoms with van der Waals surface area (Å²) in [5, 5.41) is 0. The van der Waals surface area contributed by atoms with Crippen LogP contribution in [0.4, 0.5) is 0 Å². The molecule has 0 spiro atoms. The summed E-state index contributed by atoms with van der Waals surface area (Å²) in [6, 6.07) is 27.5. The molecule has 0 aromatic heterocycles. The van der Waals surface area contributed by atoms with E-state index >= 15 is 0 Å². The summed E-state index contributed by atoms with van der Waals surface area (Å²) in [5.41, 5.74) is 5.19. The van der Waals surface area contributed by atoms with Crippen molar-refractivity contribution in [3.8, 4) is 16.9 Å². The van der Waals surface area contributed by atoms with Gasteiger partial charge in [0.2, 0.25) is 0 Å². The predicted molar refractivity (Wildman–Crippen MR) is 146 cm³/mol. The van der Waals surface area contributed by atoms with Crippen LogP contribution in [0, 0.1) is 5.92 Å². The van der Waals surface area contributed by atoms with Crippen molar-refractivity contribution in [3.05, 3.63) is 90.0 Å². The molecule has 1 saturated carbocycles. The average Bonchev–Trinajstić information content (AvgIpc) is 2.91. The van der Waals surface area contributed by atoms with Crippen molar-refractivity contribution in [3.63, 3.8) is 0 Å². The van der Waals surface area contributed by atoms with Gasteiger partial charge in [-0.2, -0.15) is 0 Å². The van der Waals surface area contributed by atoms with E-state index in [9.17, 15) is 4.79 Å². The molecule has 1 fully saturated rings. The third kappa shape index (κ3) is 7.82. The number of carbonyl (C=O) groups is 1. The van der Waals surface area contributed by atoms with Crippen LogP contribution in [0.2, 0.25) is 0 Å². The lowest BCUT2D eigenvalue weighted by Gasteiger charge is -2.28. The van der Waals surface area contributed by atoms with Gasteiger partial charge >= 0.3 is 5.97 Å². The molecule has 0 saturated heterocycles. The third-order valence-corrected chi connectivity index (χ3v) is 7.55. The Bertz CT molecular complexity index is 1010. The summed E-state index contributed by atoms with van der Waals surface area (Å²) >= 11 is 0. The zero-order valence-corrected chi connectivity index (χ0v) is 21.3. The van der Waals surface area contributed by atoms with E-state index in [0.717, 1.165) is 25.2 Å². The molecule has 0 bridgehead atoms. The van der Waals surface area contributed by atoms with Gasteiger partial charge in [-0.25, -0.2) is 0 Å². The van der Waals surface area contributed by atoms with E-state index in [4.69, 9.17) is 4.74 Å². The summed E-state index contributed by atoms with van der Waals surface area (Å²) < 4.78 is 5.60. The number of ether oxygens (including phenoxy) is 1. The van der Waals surface area contributed by atoms with Crippen molar-refractivity contribution in [2.45, 2.75) is 83.5 Å². The van der Waals surface area contributed by atoms with Crippen LogP contribution in [0.25, 0.3) is 11.1 Å². The highest BCUT2D eigenvalue weighted by atomic mass is 16.5. The molecular formula is C33H40O2. The van der Waals surface area contributed by atoms with Gasteiger partial charge in [0, 0.05) is 6.42 Å². The van der Waals surface area contributed by atoms with Crippen LogP contribution < -0.4 is 4.74 Å². The molecule has 0 aliphatic heterocycles. The molecule has 184 valence electrons. The van der Waals surface area contributed by atoms with Gasteiger partial charge in [-0.1, -0.05) is 92.9 Å². The highest BCUT2D eigenvalue weighted by Gasteiger charge is 2.22. The molecule has 1 aliphatic rings. The SMILES string of the molecule is CCCC[C@H]1CC[C@H](c2ccc(OC(=O)CCCCc3ccc(-c4ccccc4)cc3)cc2)CC1. The van der Waals surface area contributed by atoms with E-state index in [1.165, 1.54) is 67.2 Å². The van der Waals surface area contributed by atoms with E-state index in [-0.39, 0.29) is 5.97 Å². The number of aryl methyl sites for hydroxylation is 1. The average molecular weight is 469 g/mol. The quantitative estimate of drug-likeness (QED) is 0.159. The van der Waals surface area contributed by atoms with Crippen molar-refractivity contribution >= 4 is 5.97 Å². The molecule has 3 aromatic rings. The van der Waals surface area contributed by atoms with E-state index in [1.807, 2.05) is 18.2 Å². The lowest BCUT2D eigenvalue weighted by atomic mass is 9.77. The van der Waals surface area contributed by atoms with Gasteiger partial charge in [-0.3, -0.25) is 4.79 Å². The molecule has 1 aliphatic carbocycles. The van der Waals surface area contributed by atoms with Gasteiger partial charge in [-0.15, -0.1) is 0 Å². The first-order valence-corrected chi connectivity index (χ1v) is 13.7. The second-order valence-electron chi connectivity index (χ2n) is 10.2. The Hall–Kier alpha value is -2.87. The fraction of sp³-hybridized carbons (Fsp3) is 0.424. The van der Waals surface area contributed by atoms with Crippen LogP contribution in [-0.4, -0.2) is 5.97 Å². The number of rotatable bonds is 11. The minimum Gasteiger partial charge on any atom is -0.427 e. The van der Waals surface area contributed by atoms with E-state index < -0.39 is 0 Å². The van der Waals surface area contributed by atoms with Crippen LogP contribution in [0.15, 0.2) is 78.9 Å². The maximum atomic E-state index is 12.3. The maximum Gasteiger partial charge on any atom is 0.311 e. The number of hydrogen-bond acceptors (Lipinski definition) is 2. The maximum absolute atomic E-state index is 12.3. The first-order valence-electron chi connectivity index (χ1n) is 13.7. The summed E-state index contributed by atoms with van der Waals surface area (Å²) in [4.78, 5) is 12.3. The molecule has 0 heterocycles. The highest BCUT2D eigenvalue weighted by molar-refractivity contribution is 5.72. The van der Waals surface area contributed by atoms with E-state index in [2.05, 4.69) is 67.6 Å². The molecule has 0 radical (unpaired) electrons. The fourth-order valence-corrected chi connectivity index (χ4v) is 5.36. The molecule has 3 aromatic carbocycles. The van der Waals surface area contributed by atoms with Gasteiger partial charge in [0.05, 0.1) is 0 Å². The second-order valence-corrected chi connectivity index (χ2v) is 10.2. The van der Waals surface area contributed by atoms with E-state index in [0.29, 0.717) is 18.1 Å². The number of unbranched alkanes of at least 4 members (excludes halogenated alkanes) is 2. The lowest BCUT2D eigenvalue weighted by molar-refractivity contribution is -0.134. The molecule has 2 nitrogen and oxygen atoms in total. The molecule has 35 heavy (non-hydrogen) atoms. The van der Waals surface area contributed by atoms with Crippen LogP contribution in [0.5, 0.6) is 5.75 Å². The summed E-state index contributed by atoms with van der Waals surface area (Å²) in [5.74, 6) is 2.14. The standard InChI is InChI=1S/C33H40O2/c1-2-3-9-26-14-20-30(21-15-26)31-22-24-32(25-23-31)35-33(34)13-8-7-10-27-16-18-29(19-17-27)28-11-5-4-6-12-28/h4-6,11-12,16-19,22-26,30H,2-3,7-10,13-15,20-21H2,1H3/t26-,30-. The monoisotopic (exact) mass is 468 g/mol. The zero-order valence-electron chi connectivity index (χ0n) is 21.3. The number of carbonyl (C=O) groups excluding carboxylic acids is 1. The van der Waals surface area contributed by atoms with Crippen molar-refractivity contribution in [2.75, 3.05) is 0 Å². The highest BCUT2D eigenvalue weighted by Crippen LogP contribution is 2.38. The van der Waals surface area contributed by atoms with Crippen LogP contribution in [-0.2, 0) is 11.2 Å². The van der Waals surface area contributed by atoms with Gasteiger partial charge in [-0.05, 0) is 91.2 Å². The Kier molecular flexibility index (Phi) is 9.57. The lowest BCUT2D eigenvalue weighted by Crippen LogP contribution is -2.13. The largest absolute Gasteiger partial charge is 0.427 e. The summed E-state index contributed by atoms with van der Waals surface area (Å²) in [6.45, 7) is 2.28. The van der Waals surface area contributed by atoms with Gasteiger partial charge < -0.3 is 4.74 Å². The second kappa shape index (κ2) is 13.3. The van der Waals surface area contributed by atoms with Crippen molar-refractivity contribution in [2.24, 2.45) is 5.92 Å². The van der Waals surface area contributed by atoms with Gasteiger partial charge in [0.1, 0.15) is 5.75 Å². The number of benzene rings is 3.